The average molecular weight is 255 g/mol. The highest BCUT2D eigenvalue weighted by Gasteiger charge is 2.11. The van der Waals surface area contributed by atoms with Crippen molar-refractivity contribution in [1.29, 1.82) is 0 Å². The Morgan fingerprint density at radius 3 is 2.74 bits per heavy atom. The molecule has 19 heavy (non-hydrogen) atoms. The third kappa shape index (κ3) is 3.39. The minimum Gasteiger partial charge on any atom is -0.346 e. The molecule has 0 aliphatic carbocycles. The van der Waals surface area contributed by atoms with E-state index in [9.17, 15) is 4.79 Å². The maximum atomic E-state index is 12.1. The minimum atomic E-state index is -0.117. The van der Waals surface area contributed by atoms with Crippen molar-refractivity contribution in [2.75, 3.05) is 0 Å². The van der Waals surface area contributed by atoms with Gasteiger partial charge >= 0.3 is 0 Å². The second-order valence-corrected chi connectivity index (χ2v) is 4.35. The van der Waals surface area contributed by atoms with Crippen molar-refractivity contribution in [2.45, 2.75) is 19.5 Å². The summed E-state index contributed by atoms with van der Waals surface area (Å²) < 4.78 is 0. The molecule has 0 unspecified atom stereocenters. The zero-order valence-corrected chi connectivity index (χ0v) is 10.8. The fourth-order valence-electron chi connectivity index (χ4n) is 1.84. The van der Waals surface area contributed by atoms with Gasteiger partial charge in [-0.1, -0.05) is 30.3 Å². The van der Waals surface area contributed by atoms with Crippen LogP contribution in [0.4, 0.5) is 0 Å². The van der Waals surface area contributed by atoms with Crippen molar-refractivity contribution in [1.82, 2.24) is 10.3 Å². The van der Waals surface area contributed by atoms with Crippen LogP contribution in [0.25, 0.3) is 0 Å². The summed E-state index contributed by atoms with van der Waals surface area (Å²) in [4.78, 5) is 16.2. The summed E-state index contributed by atoms with van der Waals surface area (Å²) in [6.07, 6.45) is 1.60. The number of amides is 1. The number of hydrogen-bond donors (Lipinski definition) is 2. The quantitative estimate of drug-likeness (QED) is 0.878. The van der Waals surface area contributed by atoms with Gasteiger partial charge in [0.05, 0.1) is 11.7 Å². The van der Waals surface area contributed by atoms with Crippen LogP contribution in [0.15, 0.2) is 48.7 Å². The smallest absolute Gasteiger partial charge is 0.251 e. The molecule has 2 aromatic rings. The maximum absolute atomic E-state index is 12.1. The molecule has 0 saturated carbocycles. The highest BCUT2D eigenvalue weighted by molar-refractivity contribution is 5.94. The number of nitrogens with one attached hydrogen (secondary N) is 1. The molecule has 0 bridgehead atoms. The molecule has 0 aliphatic rings. The molecule has 3 N–H and O–H groups in total. The number of nitrogens with zero attached hydrogens (tertiary/aromatic N) is 1. The van der Waals surface area contributed by atoms with Gasteiger partial charge in [-0.15, -0.1) is 0 Å². The Morgan fingerprint density at radius 2 is 2.05 bits per heavy atom. The lowest BCUT2D eigenvalue weighted by molar-refractivity contribution is 0.0939. The van der Waals surface area contributed by atoms with Crippen LogP contribution in [-0.2, 0) is 6.54 Å². The number of rotatable bonds is 4. The molecule has 0 fully saturated rings. The summed E-state index contributed by atoms with van der Waals surface area (Å²) in [7, 11) is 0. The van der Waals surface area contributed by atoms with Gasteiger partial charge in [0.2, 0.25) is 0 Å². The van der Waals surface area contributed by atoms with Gasteiger partial charge in [0, 0.05) is 18.3 Å². The monoisotopic (exact) mass is 255 g/mol. The Bertz CT molecular complexity index is 554. The van der Waals surface area contributed by atoms with Crippen LogP contribution >= 0.6 is 0 Å². The second kappa shape index (κ2) is 6.11. The molecule has 0 radical (unpaired) electrons. The zero-order valence-electron chi connectivity index (χ0n) is 10.8. The predicted molar refractivity (Wildman–Crippen MR) is 74.5 cm³/mol. The van der Waals surface area contributed by atoms with E-state index < -0.39 is 0 Å². The van der Waals surface area contributed by atoms with E-state index in [1.54, 1.807) is 18.3 Å². The molecular formula is C15H17N3O. The number of aromatic nitrogens is 1. The minimum absolute atomic E-state index is 0.0387. The van der Waals surface area contributed by atoms with Gasteiger partial charge in [0.25, 0.3) is 5.91 Å². The summed E-state index contributed by atoms with van der Waals surface area (Å²) in [5, 5.41) is 2.96. The molecule has 2 rings (SSSR count). The SMILES string of the molecule is C[C@@H](NC(=O)c1ccnc(CN)c1)c1ccccc1. The van der Waals surface area contributed by atoms with Gasteiger partial charge < -0.3 is 11.1 Å². The first-order valence-electron chi connectivity index (χ1n) is 6.21. The number of carbonyl (C=O) groups excluding carboxylic acids is 1. The third-order valence-corrected chi connectivity index (χ3v) is 2.94. The first kappa shape index (κ1) is 13.2. The van der Waals surface area contributed by atoms with Crippen molar-refractivity contribution in [2.24, 2.45) is 5.73 Å². The predicted octanol–water partition coefficient (Wildman–Crippen LogP) is 2.03. The second-order valence-electron chi connectivity index (χ2n) is 4.35. The Hall–Kier alpha value is -2.20. The maximum Gasteiger partial charge on any atom is 0.251 e. The summed E-state index contributed by atoms with van der Waals surface area (Å²) in [5.74, 6) is -0.117. The van der Waals surface area contributed by atoms with E-state index in [1.165, 1.54) is 0 Å². The van der Waals surface area contributed by atoms with Gasteiger partial charge in [0.1, 0.15) is 0 Å². The Morgan fingerprint density at radius 1 is 1.32 bits per heavy atom. The molecule has 0 aliphatic heterocycles. The summed E-state index contributed by atoms with van der Waals surface area (Å²) >= 11 is 0. The van der Waals surface area contributed by atoms with Crippen LogP contribution < -0.4 is 11.1 Å². The molecule has 98 valence electrons. The van der Waals surface area contributed by atoms with E-state index >= 15 is 0 Å². The molecule has 1 aromatic heterocycles. The number of nitrogens with two attached hydrogens (primary N) is 1. The molecule has 0 spiro atoms. The third-order valence-electron chi connectivity index (χ3n) is 2.94. The fraction of sp³-hybridized carbons (Fsp3) is 0.200. The fourth-order valence-corrected chi connectivity index (χ4v) is 1.84. The van der Waals surface area contributed by atoms with E-state index in [-0.39, 0.29) is 11.9 Å². The van der Waals surface area contributed by atoms with Gasteiger partial charge in [-0.2, -0.15) is 0 Å². The van der Waals surface area contributed by atoms with Crippen LogP contribution in [0.3, 0.4) is 0 Å². The molecule has 0 saturated heterocycles. The zero-order chi connectivity index (χ0) is 13.7. The average Bonchev–Trinajstić information content (AvgIpc) is 2.48. The highest BCUT2D eigenvalue weighted by atomic mass is 16.1. The van der Waals surface area contributed by atoms with Crippen molar-refractivity contribution >= 4 is 5.91 Å². The van der Waals surface area contributed by atoms with Crippen molar-refractivity contribution in [3.63, 3.8) is 0 Å². The lowest BCUT2D eigenvalue weighted by atomic mass is 10.1. The van der Waals surface area contributed by atoms with E-state index in [0.29, 0.717) is 17.8 Å². The first-order valence-corrected chi connectivity index (χ1v) is 6.21. The van der Waals surface area contributed by atoms with Crippen LogP contribution in [0.2, 0.25) is 0 Å². The number of hydrogen-bond acceptors (Lipinski definition) is 3. The summed E-state index contributed by atoms with van der Waals surface area (Å²) in [5.41, 5.74) is 7.88. The molecule has 1 amide bonds. The molecular weight excluding hydrogens is 238 g/mol. The topological polar surface area (TPSA) is 68.0 Å². The first-order chi connectivity index (χ1) is 9.20. The van der Waals surface area contributed by atoms with Crippen LogP contribution in [0.1, 0.15) is 34.6 Å². The van der Waals surface area contributed by atoms with Crippen LogP contribution in [0, 0.1) is 0 Å². The van der Waals surface area contributed by atoms with E-state index in [2.05, 4.69) is 10.3 Å². The molecule has 1 atom stereocenters. The van der Waals surface area contributed by atoms with E-state index in [0.717, 1.165) is 5.56 Å². The van der Waals surface area contributed by atoms with E-state index in [1.807, 2.05) is 37.3 Å². The normalized spacial score (nSPS) is 11.9. The van der Waals surface area contributed by atoms with Gasteiger partial charge in [0.15, 0.2) is 0 Å². The Kier molecular flexibility index (Phi) is 4.26. The molecule has 1 heterocycles. The van der Waals surface area contributed by atoms with Gasteiger partial charge in [-0.3, -0.25) is 9.78 Å². The number of benzene rings is 1. The van der Waals surface area contributed by atoms with Gasteiger partial charge in [-0.05, 0) is 24.6 Å². The van der Waals surface area contributed by atoms with Crippen molar-refractivity contribution in [3.8, 4) is 0 Å². The van der Waals surface area contributed by atoms with Crippen LogP contribution in [-0.4, -0.2) is 10.9 Å². The molecule has 4 nitrogen and oxygen atoms in total. The van der Waals surface area contributed by atoms with Crippen molar-refractivity contribution in [3.05, 3.63) is 65.5 Å². The summed E-state index contributed by atoms with van der Waals surface area (Å²) in [6, 6.07) is 13.2. The Labute approximate surface area is 112 Å². The largest absolute Gasteiger partial charge is 0.346 e. The standard InChI is InChI=1S/C15H17N3O/c1-11(12-5-3-2-4-6-12)18-15(19)13-7-8-17-14(9-13)10-16/h2-9,11H,10,16H2,1H3,(H,18,19)/t11-/m1/s1. The lowest BCUT2D eigenvalue weighted by Gasteiger charge is -2.14. The Balaban J connectivity index is 2.08. The van der Waals surface area contributed by atoms with Crippen LogP contribution in [0.5, 0.6) is 0 Å². The summed E-state index contributed by atoms with van der Waals surface area (Å²) in [6.45, 7) is 2.29. The number of carbonyl (C=O) groups is 1. The van der Waals surface area contributed by atoms with Gasteiger partial charge in [-0.25, -0.2) is 0 Å². The highest BCUT2D eigenvalue weighted by Crippen LogP contribution is 2.12. The molecule has 1 aromatic carbocycles. The number of pyridine rings is 1. The van der Waals surface area contributed by atoms with Crippen molar-refractivity contribution < 1.29 is 4.79 Å². The van der Waals surface area contributed by atoms with E-state index in [4.69, 9.17) is 5.73 Å². The lowest BCUT2D eigenvalue weighted by Crippen LogP contribution is -2.26. The molecule has 4 heteroatoms.